The molecule has 2 saturated heterocycles. The highest BCUT2D eigenvalue weighted by Gasteiger charge is 2.36. The standard InChI is InChI=1S/C36H38N6O2/c1-21-5-15-33(41(21)23(3)43)35-37-19-31(39-35)26-9-7-25(8-10-26)27-11-12-29-18-30(14-13-28(29)17-27)32-20-38-36(40-32)34-16-6-22(2)42(34)24(4)44/h7-14,17-22,33-34H,5-6,15-16H2,1-4H3,(H,37,39)(H,38,40)/t21-,22-,33?,34-/m0/s1. The number of carbonyl (C=O) groups is 2. The van der Waals surface area contributed by atoms with Gasteiger partial charge in [0, 0.05) is 31.5 Å². The molecule has 2 aliphatic rings. The van der Waals surface area contributed by atoms with E-state index in [4.69, 9.17) is 0 Å². The summed E-state index contributed by atoms with van der Waals surface area (Å²) in [6.07, 6.45) is 7.59. The fourth-order valence-corrected chi connectivity index (χ4v) is 7.31. The van der Waals surface area contributed by atoms with Gasteiger partial charge in [-0.25, -0.2) is 9.97 Å². The van der Waals surface area contributed by atoms with Gasteiger partial charge in [-0.05, 0) is 79.1 Å². The van der Waals surface area contributed by atoms with Crippen LogP contribution < -0.4 is 0 Å². The molecule has 4 heterocycles. The smallest absolute Gasteiger partial charge is 0.220 e. The number of aromatic amines is 2. The molecule has 3 aromatic carbocycles. The lowest BCUT2D eigenvalue weighted by atomic mass is 9.98. The second kappa shape index (κ2) is 11.1. The maximum atomic E-state index is 12.2. The number of hydrogen-bond donors (Lipinski definition) is 2. The van der Waals surface area contributed by atoms with Crippen LogP contribution in [0, 0.1) is 0 Å². The average molecular weight is 587 g/mol. The van der Waals surface area contributed by atoms with Crippen molar-refractivity contribution >= 4 is 22.6 Å². The number of hydrogen-bond acceptors (Lipinski definition) is 4. The predicted molar refractivity (Wildman–Crippen MR) is 172 cm³/mol. The van der Waals surface area contributed by atoms with Gasteiger partial charge in [0.25, 0.3) is 0 Å². The number of carbonyl (C=O) groups excluding carboxylic acids is 2. The van der Waals surface area contributed by atoms with E-state index in [1.807, 2.05) is 22.2 Å². The molecule has 0 radical (unpaired) electrons. The van der Waals surface area contributed by atoms with Crippen LogP contribution in [0.1, 0.15) is 77.1 Å². The minimum Gasteiger partial charge on any atom is -0.340 e. The summed E-state index contributed by atoms with van der Waals surface area (Å²) in [6, 6.07) is 22.0. The molecule has 44 heavy (non-hydrogen) atoms. The van der Waals surface area contributed by atoms with Crippen LogP contribution >= 0.6 is 0 Å². The van der Waals surface area contributed by atoms with Gasteiger partial charge in [-0.15, -0.1) is 0 Å². The number of nitrogens with one attached hydrogen (secondary N) is 2. The molecule has 0 bridgehead atoms. The molecule has 1 unspecified atom stereocenters. The zero-order chi connectivity index (χ0) is 30.5. The predicted octanol–water partition coefficient (Wildman–Crippen LogP) is 7.43. The number of H-pyrrole nitrogens is 2. The Morgan fingerprint density at radius 3 is 1.57 bits per heavy atom. The van der Waals surface area contributed by atoms with E-state index >= 15 is 0 Å². The van der Waals surface area contributed by atoms with E-state index in [0.717, 1.165) is 76.4 Å². The lowest BCUT2D eigenvalue weighted by Gasteiger charge is -2.25. The highest BCUT2D eigenvalue weighted by Crippen LogP contribution is 2.37. The van der Waals surface area contributed by atoms with Crippen molar-refractivity contribution in [2.45, 2.75) is 77.5 Å². The van der Waals surface area contributed by atoms with Crippen molar-refractivity contribution in [1.29, 1.82) is 0 Å². The van der Waals surface area contributed by atoms with E-state index in [0.29, 0.717) is 0 Å². The summed E-state index contributed by atoms with van der Waals surface area (Å²) in [4.78, 5) is 44.6. The van der Waals surface area contributed by atoms with Crippen LogP contribution in [0.5, 0.6) is 0 Å². The molecule has 2 amide bonds. The van der Waals surface area contributed by atoms with Gasteiger partial charge >= 0.3 is 0 Å². The molecule has 2 aromatic heterocycles. The second-order valence-electron chi connectivity index (χ2n) is 12.5. The van der Waals surface area contributed by atoms with E-state index in [1.54, 1.807) is 13.8 Å². The van der Waals surface area contributed by atoms with Gasteiger partial charge < -0.3 is 19.8 Å². The molecular formula is C36H38N6O2. The molecule has 2 fully saturated rings. The zero-order valence-electron chi connectivity index (χ0n) is 25.7. The summed E-state index contributed by atoms with van der Waals surface area (Å²) in [6.45, 7) is 7.49. The summed E-state index contributed by atoms with van der Waals surface area (Å²) >= 11 is 0. The van der Waals surface area contributed by atoms with Crippen LogP contribution in [-0.4, -0.2) is 53.6 Å². The number of amides is 2. The number of fused-ring (bicyclic) bond motifs is 1. The van der Waals surface area contributed by atoms with Gasteiger partial charge in [0.15, 0.2) is 0 Å². The molecule has 8 nitrogen and oxygen atoms in total. The Kier molecular flexibility index (Phi) is 7.07. The third kappa shape index (κ3) is 4.98. The van der Waals surface area contributed by atoms with Crippen molar-refractivity contribution in [1.82, 2.24) is 29.7 Å². The van der Waals surface area contributed by atoms with Crippen molar-refractivity contribution in [2.24, 2.45) is 0 Å². The number of aromatic nitrogens is 4. The second-order valence-corrected chi connectivity index (χ2v) is 12.5. The number of rotatable bonds is 5. The molecule has 2 N–H and O–H groups in total. The first kappa shape index (κ1) is 28.1. The van der Waals surface area contributed by atoms with Crippen molar-refractivity contribution in [2.75, 3.05) is 0 Å². The van der Waals surface area contributed by atoms with E-state index in [1.165, 1.54) is 5.39 Å². The Morgan fingerprint density at radius 2 is 1.05 bits per heavy atom. The van der Waals surface area contributed by atoms with Crippen molar-refractivity contribution in [3.8, 4) is 33.6 Å². The van der Waals surface area contributed by atoms with E-state index in [-0.39, 0.29) is 36.0 Å². The van der Waals surface area contributed by atoms with Crippen LogP contribution in [0.15, 0.2) is 73.1 Å². The van der Waals surface area contributed by atoms with E-state index < -0.39 is 0 Å². The fraction of sp³-hybridized carbons (Fsp3) is 0.333. The van der Waals surface area contributed by atoms with Gasteiger partial charge in [-0.2, -0.15) is 0 Å². The first-order chi connectivity index (χ1) is 21.3. The SMILES string of the molecule is CC(=O)N1C(c2ncc(-c3ccc(-c4ccc5cc(-c6cnc([C@@H]7CC[C@H](C)N7C(C)=O)[nH]6)ccc5c4)cc3)[nH]2)CC[C@@H]1C. The van der Waals surface area contributed by atoms with Crippen LogP contribution in [0.3, 0.4) is 0 Å². The Balaban J connectivity index is 1.08. The summed E-state index contributed by atoms with van der Waals surface area (Å²) in [5, 5.41) is 2.33. The molecule has 5 aromatic rings. The molecule has 8 heteroatoms. The minimum atomic E-state index is 0.00850. The lowest BCUT2D eigenvalue weighted by molar-refractivity contribution is -0.132. The maximum absolute atomic E-state index is 12.2. The number of imidazole rings is 2. The molecule has 0 spiro atoms. The highest BCUT2D eigenvalue weighted by atomic mass is 16.2. The quantitative estimate of drug-likeness (QED) is 0.224. The van der Waals surface area contributed by atoms with Gasteiger partial charge in [-0.1, -0.05) is 48.5 Å². The molecule has 2 aliphatic heterocycles. The minimum absolute atomic E-state index is 0.00850. The van der Waals surface area contributed by atoms with Crippen molar-refractivity contribution < 1.29 is 9.59 Å². The van der Waals surface area contributed by atoms with Crippen LogP contribution in [0.4, 0.5) is 0 Å². The van der Waals surface area contributed by atoms with E-state index in [2.05, 4.69) is 94.4 Å². The number of nitrogens with zero attached hydrogens (tertiary/aromatic N) is 4. The van der Waals surface area contributed by atoms with Crippen LogP contribution in [0.2, 0.25) is 0 Å². The molecule has 4 atom stereocenters. The van der Waals surface area contributed by atoms with Gasteiger partial charge in [0.05, 0.1) is 35.9 Å². The largest absolute Gasteiger partial charge is 0.340 e. The molecule has 224 valence electrons. The first-order valence-corrected chi connectivity index (χ1v) is 15.6. The van der Waals surface area contributed by atoms with E-state index in [9.17, 15) is 9.59 Å². The normalized spacial score (nSPS) is 21.8. The van der Waals surface area contributed by atoms with Crippen LogP contribution in [-0.2, 0) is 9.59 Å². The third-order valence-electron chi connectivity index (χ3n) is 9.57. The van der Waals surface area contributed by atoms with Gasteiger partial charge in [0.1, 0.15) is 11.6 Å². The summed E-state index contributed by atoms with van der Waals surface area (Å²) in [5.74, 6) is 1.91. The average Bonchev–Trinajstić information content (AvgIpc) is 3.82. The maximum Gasteiger partial charge on any atom is 0.220 e. The Morgan fingerprint density at radius 1 is 0.614 bits per heavy atom. The molecule has 0 saturated carbocycles. The van der Waals surface area contributed by atoms with Crippen molar-refractivity contribution in [3.63, 3.8) is 0 Å². The fourth-order valence-electron chi connectivity index (χ4n) is 7.31. The highest BCUT2D eigenvalue weighted by molar-refractivity contribution is 5.90. The Bertz CT molecular complexity index is 1850. The van der Waals surface area contributed by atoms with Gasteiger partial charge in [-0.3, -0.25) is 9.59 Å². The topological polar surface area (TPSA) is 98.0 Å². The first-order valence-electron chi connectivity index (χ1n) is 15.6. The lowest BCUT2D eigenvalue weighted by Crippen LogP contribution is -2.34. The third-order valence-corrected chi connectivity index (χ3v) is 9.57. The molecule has 0 aliphatic carbocycles. The Labute approximate surface area is 257 Å². The zero-order valence-corrected chi connectivity index (χ0v) is 25.7. The summed E-state index contributed by atoms with van der Waals surface area (Å²) in [5.41, 5.74) is 6.36. The monoisotopic (exact) mass is 586 g/mol. The number of likely N-dealkylation sites (tertiary alicyclic amines) is 2. The Hall–Kier alpha value is -4.72. The summed E-state index contributed by atoms with van der Waals surface area (Å²) in [7, 11) is 0. The molecule has 7 rings (SSSR count). The summed E-state index contributed by atoms with van der Waals surface area (Å²) < 4.78 is 0. The number of benzene rings is 3. The van der Waals surface area contributed by atoms with Gasteiger partial charge in [0.2, 0.25) is 11.8 Å². The molecular weight excluding hydrogens is 548 g/mol. The van der Waals surface area contributed by atoms with Crippen molar-refractivity contribution in [3.05, 3.63) is 84.7 Å². The van der Waals surface area contributed by atoms with Crippen LogP contribution in [0.25, 0.3) is 44.4 Å².